The average molecular weight is 269 g/mol. The quantitative estimate of drug-likeness (QED) is 0.786. The minimum Gasteiger partial charge on any atom is -0.274 e. The van der Waals surface area contributed by atoms with Crippen LogP contribution in [0.25, 0.3) is 0 Å². The van der Waals surface area contributed by atoms with Crippen molar-refractivity contribution in [3.63, 3.8) is 0 Å². The first-order chi connectivity index (χ1) is 9.66. The molecule has 1 heterocycles. The Hall–Kier alpha value is -2.49. The van der Waals surface area contributed by atoms with Gasteiger partial charge < -0.3 is 0 Å². The molecule has 2 aromatic carbocycles. The molecule has 0 aliphatic carbocycles. The zero-order valence-corrected chi connectivity index (χ0v) is 10.6. The van der Waals surface area contributed by atoms with Crippen LogP contribution in [0.3, 0.4) is 0 Å². The van der Waals surface area contributed by atoms with Gasteiger partial charge in [-0.05, 0) is 29.8 Å². The van der Waals surface area contributed by atoms with E-state index >= 15 is 0 Å². The smallest absolute Gasteiger partial charge is 0.241 e. The van der Waals surface area contributed by atoms with Crippen LogP contribution in [0.5, 0.6) is 0 Å². The van der Waals surface area contributed by atoms with E-state index in [-0.39, 0.29) is 18.2 Å². The summed E-state index contributed by atoms with van der Waals surface area (Å²) < 4.78 is 12.9. The van der Waals surface area contributed by atoms with E-state index in [9.17, 15) is 14.0 Å². The number of amides is 2. The summed E-state index contributed by atoms with van der Waals surface area (Å²) >= 11 is 0. The molecule has 0 bridgehead atoms. The topological polar surface area (TPSA) is 37.4 Å². The number of halogens is 1. The van der Waals surface area contributed by atoms with Crippen LogP contribution in [0.2, 0.25) is 0 Å². The Morgan fingerprint density at radius 3 is 2.25 bits per heavy atom. The zero-order chi connectivity index (χ0) is 14.1. The lowest BCUT2D eigenvalue weighted by Crippen LogP contribution is -2.29. The number of benzene rings is 2. The molecule has 0 unspecified atom stereocenters. The second-order valence-electron chi connectivity index (χ2n) is 4.71. The van der Waals surface area contributed by atoms with Crippen molar-refractivity contribution in [3.8, 4) is 0 Å². The van der Waals surface area contributed by atoms with Gasteiger partial charge in [-0.25, -0.2) is 4.39 Å². The Morgan fingerprint density at radius 2 is 1.60 bits per heavy atom. The first-order valence-corrected chi connectivity index (χ1v) is 6.34. The third-order valence-electron chi connectivity index (χ3n) is 3.43. The summed E-state index contributed by atoms with van der Waals surface area (Å²) in [5, 5.41) is 0. The minimum atomic E-state index is -0.450. The largest absolute Gasteiger partial charge is 0.274 e. The minimum absolute atomic E-state index is 0.153. The van der Waals surface area contributed by atoms with Gasteiger partial charge in [-0.3, -0.25) is 14.5 Å². The van der Waals surface area contributed by atoms with Crippen LogP contribution >= 0.6 is 0 Å². The molecule has 1 aliphatic heterocycles. The molecule has 0 N–H and O–H groups in total. The molecular weight excluding hydrogens is 257 g/mol. The summed E-state index contributed by atoms with van der Waals surface area (Å²) in [7, 11) is 0. The molecule has 1 saturated heterocycles. The van der Waals surface area contributed by atoms with E-state index in [2.05, 4.69) is 0 Å². The lowest BCUT2D eigenvalue weighted by atomic mass is 9.98. The molecule has 20 heavy (non-hydrogen) atoms. The van der Waals surface area contributed by atoms with Crippen LogP contribution in [0.1, 0.15) is 17.9 Å². The number of carbonyl (C=O) groups is 2. The molecule has 0 saturated carbocycles. The van der Waals surface area contributed by atoms with Crippen molar-refractivity contribution in [2.24, 2.45) is 0 Å². The highest BCUT2D eigenvalue weighted by Crippen LogP contribution is 2.32. The van der Waals surface area contributed by atoms with Gasteiger partial charge in [0.2, 0.25) is 11.8 Å². The van der Waals surface area contributed by atoms with Crippen molar-refractivity contribution >= 4 is 17.5 Å². The number of hydrogen-bond acceptors (Lipinski definition) is 2. The first-order valence-electron chi connectivity index (χ1n) is 6.34. The highest BCUT2D eigenvalue weighted by atomic mass is 19.1. The molecule has 2 amide bonds. The number of anilines is 1. The maximum Gasteiger partial charge on any atom is 0.241 e. The molecule has 1 atom stereocenters. The molecule has 0 radical (unpaired) electrons. The summed E-state index contributed by atoms with van der Waals surface area (Å²) in [6, 6.07) is 14.6. The molecule has 3 nitrogen and oxygen atoms in total. The monoisotopic (exact) mass is 269 g/mol. The Kier molecular flexibility index (Phi) is 3.06. The molecule has 4 heteroatoms. The Balaban J connectivity index is 1.93. The van der Waals surface area contributed by atoms with Gasteiger partial charge in [-0.15, -0.1) is 0 Å². The Labute approximate surface area is 115 Å². The summed E-state index contributed by atoms with van der Waals surface area (Å²) in [6.07, 6.45) is 0.153. The average Bonchev–Trinajstić information content (AvgIpc) is 2.76. The summed E-state index contributed by atoms with van der Waals surface area (Å²) in [4.78, 5) is 25.6. The fraction of sp³-hybridized carbons (Fsp3) is 0.125. The van der Waals surface area contributed by atoms with Gasteiger partial charge in [0.05, 0.1) is 11.6 Å². The SMILES string of the molecule is O=C1C[C@@H](c2ccccc2)C(=O)N1c1ccc(F)cc1. The van der Waals surface area contributed by atoms with E-state index in [1.54, 1.807) is 0 Å². The second-order valence-corrected chi connectivity index (χ2v) is 4.71. The van der Waals surface area contributed by atoms with Crippen molar-refractivity contribution in [3.05, 3.63) is 66.0 Å². The molecule has 0 aromatic heterocycles. The maximum atomic E-state index is 12.9. The van der Waals surface area contributed by atoms with Crippen LogP contribution in [0.15, 0.2) is 54.6 Å². The van der Waals surface area contributed by atoms with Crippen molar-refractivity contribution in [2.45, 2.75) is 12.3 Å². The van der Waals surface area contributed by atoms with Gasteiger partial charge in [-0.1, -0.05) is 30.3 Å². The highest BCUT2D eigenvalue weighted by molar-refractivity contribution is 6.22. The summed E-state index contributed by atoms with van der Waals surface area (Å²) in [5.74, 6) is -1.36. The van der Waals surface area contributed by atoms with E-state index < -0.39 is 11.7 Å². The van der Waals surface area contributed by atoms with Crippen molar-refractivity contribution < 1.29 is 14.0 Å². The van der Waals surface area contributed by atoms with Gasteiger partial charge >= 0.3 is 0 Å². The van der Waals surface area contributed by atoms with Crippen molar-refractivity contribution in [1.82, 2.24) is 0 Å². The lowest BCUT2D eigenvalue weighted by Gasteiger charge is -2.15. The van der Waals surface area contributed by atoms with Crippen LogP contribution < -0.4 is 4.90 Å². The van der Waals surface area contributed by atoms with Crippen molar-refractivity contribution in [2.75, 3.05) is 4.90 Å². The van der Waals surface area contributed by atoms with Crippen LogP contribution in [0.4, 0.5) is 10.1 Å². The van der Waals surface area contributed by atoms with E-state index in [1.807, 2.05) is 30.3 Å². The standard InChI is InChI=1S/C16H12FNO2/c17-12-6-8-13(9-7-12)18-15(19)10-14(16(18)20)11-4-2-1-3-5-11/h1-9,14H,10H2/t14-/m0/s1. The van der Waals surface area contributed by atoms with E-state index in [4.69, 9.17) is 0 Å². The number of rotatable bonds is 2. The lowest BCUT2D eigenvalue weighted by molar-refractivity contribution is -0.121. The van der Waals surface area contributed by atoms with Crippen molar-refractivity contribution in [1.29, 1.82) is 0 Å². The van der Waals surface area contributed by atoms with Crippen LogP contribution in [-0.4, -0.2) is 11.8 Å². The predicted molar refractivity (Wildman–Crippen MR) is 72.7 cm³/mol. The Morgan fingerprint density at radius 1 is 0.950 bits per heavy atom. The molecule has 3 rings (SSSR count). The number of hydrogen-bond donors (Lipinski definition) is 0. The second kappa shape index (κ2) is 4.89. The third-order valence-corrected chi connectivity index (χ3v) is 3.43. The fourth-order valence-electron chi connectivity index (χ4n) is 2.44. The number of nitrogens with zero attached hydrogens (tertiary/aromatic N) is 1. The molecule has 0 spiro atoms. The summed E-state index contributed by atoms with van der Waals surface area (Å²) in [5.41, 5.74) is 1.25. The highest BCUT2D eigenvalue weighted by Gasteiger charge is 2.40. The molecule has 1 fully saturated rings. The van der Waals surface area contributed by atoms with Gasteiger partial charge in [0.1, 0.15) is 5.82 Å². The fourth-order valence-corrected chi connectivity index (χ4v) is 2.44. The van der Waals surface area contributed by atoms with E-state index in [1.165, 1.54) is 24.3 Å². The summed E-state index contributed by atoms with van der Waals surface area (Å²) in [6.45, 7) is 0. The maximum absolute atomic E-state index is 12.9. The van der Waals surface area contributed by atoms with Gasteiger partial charge in [-0.2, -0.15) is 0 Å². The van der Waals surface area contributed by atoms with Gasteiger partial charge in [0, 0.05) is 6.42 Å². The van der Waals surface area contributed by atoms with Crippen LogP contribution in [-0.2, 0) is 9.59 Å². The first kappa shape index (κ1) is 12.5. The molecular formula is C16H12FNO2. The Bertz CT molecular complexity index is 652. The molecule has 100 valence electrons. The van der Waals surface area contributed by atoms with Gasteiger partial charge in [0.25, 0.3) is 0 Å². The molecule has 2 aromatic rings. The predicted octanol–water partition coefficient (Wildman–Crippen LogP) is 2.87. The molecule has 1 aliphatic rings. The van der Waals surface area contributed by atoms with E-state index in [0.717, 1.165) is 10.5 Å². The van der Waals surface area contributed by atoms with E-state index in [0.29, 0.717) is 5.69 Å². The third kappa shape index (κ3) is 2.09. The zero-order valence-electron chi connectivity index (χ0n) is 10.6. The number of carbonyl (C=O) groups excluding carboxylic acids is 2. The van der Waals surface area contributed by atoms with Gasteiger partial charge in [0.15, 0.2) is 0 Å². The van der Waals surface area contributed by atoms with Crippen LogP contribution in [0, 0.1) is 5.82 Å². The number of imide groups is 1. The normalized spacial score (nSPS) is 18.6.